The quantitative estimate of drug-likeness (QED) is 0.868. The minimum absolute atomic E-state index is 0.344. The fourth-order valence-corrected chi connectivity index (χ4v) is 4.37. The van der Waals surface area contributed by atoms with Crippen molar-refractivity contribution in [1.82, 2.24) is 4.98 Å². The van der Waals surface area contributed by atoms with Crippen molar-refractivity contribution in [1.29, 1.82) is 0 Å². The van der Waals surface area contributed by atoms with Crippen molar-refractivity contribution in [3.8, 4) is 0 Å². The van der Waals surface area contributed by atoms with Crippen LogP contribution >= 0.6 is 0 Å². The van der Waals surface area contributed by atoms with E-state index in [1.165, 1.54) is 0 Å². The maximum atomic E-state index is 12.9. The Morgan fingerprint density at radius 2 is 1.90 bits per heavy atom. The molecule has 21 heavy (non-hydrogen) atoms. The summed E-state index contributed by atoms with van der Waals surface area (Å²) >= 11 is 0. The number of pyridine rings is 1. The van der Waals surface area contributed by atoms with E-state index in [4.69, 9.17) is 0 Å². The molecule has 3 rings (SSSR count). The van der Waals surface area contributed by atoms with Crippen LogP contribution in [0.3, 0.4) is 0 Å². The summed E-state index contributed by atoms with van der Waals surface area (Å²) in [4.78, 5) is 4.74. The zero-order valence-corrected chi connectivity index (χ0v) is 12.9. The summed E-state index contributed by atoms with van der Waals surface area (Å²) in [5, 5.41) is -0.676. The number of fused-ring (bicyclic) bond motifs is 1. The minimum Gasteiger partial charge on any atom is -0.259 e. The Labute approximate surface area is 125 Å². The van der Waals surface area contributed by atoms with Crippen molar-refractivity contribution < 1.29 is 8.42 Å². The second-order valence-electron chi connectivity index (χ2n) is 5.27. The zero-order valence-electron chi connectivity index (χ0n) is 12.1. The molecule has 1 atom stereocenters. The molecule has 0 amide bonds. The Morgan fingerprint density at radius 1 is 1.19 bits per heavy atom. The van der Waals surface area contributed by atoms with E-state index >= 15 is 0 Å². The van der Waals surface area contributed by atoms with Crippen LogP contribution < -0.4 is 0 Å². The van der Waals surface area contributed by atoms with Crippen LogP contribution in [0, 0.1) is 6.92 Å². The highest BCUT2D eigenvalue weighted by Crippen LogP contribution is 2.41. The molecule has 0 N–H and O–H groups in total. The molecule has 1 aliphatic rings. The molecule has 4 heteroatoms. The predicted octanol–water partition coefficient (Wildman–Crippen LogP) is 3.71. The Kier molecular flexibility index (Phi) is 3.41. The summed E-state index contributed by atoms with van der Waals surface area (Å²) < 4.78 is 25.7. The maximum Gasteiger partial charge on any atom is 0.190 e. The van der Waals surface area contributed by atoms with Crippen molar-refractivity contribution in [2.75, 3.05) is 0 Å². The van der Waals surface area contributed by atoms with E-state index in [9.17, 15) is 8.42 Å². The maximum absolute atomic E-state index is 12.9. The van der Waals surface area contributed by atoms with Crippen LogP contribution in [-0.2, 0) is 9.84 Å². The Hall–Kier alpha value is -1.94. The number of aryl methyl sites for hydroxylation is 1. The highest BCUT2D eigenvalue weighted by Gasteiger charge is 2.35. The van der Waals surface area contributed by atoms with Crippen LogP contribution in [0.4, 0.5) is 0 Å². The highest BCUT2D eigenvalue weighted by molar-refractivity contribution is 7.91. The van der Waals surface area contributed by atoms with Gasteiger partial charge in [-0.25, -0.2) is 8.42 Å². The lowest BCUT2D eigenvalue weighted by molar-refractivity contribution is 0.590. The summed E-state index contributed by atoms with van der Waals surface area (Å²) in [5.41, 5.74) is 3.74. The van der Waals surface area contributed by atoms with Gasteiger partial charge >= 0.3 is 0 Å². The number of hydrogen-bond acceptors (Lipinski definition) is 3. The molecule has 1 aromatic carbocycles. The third kappa shape index (κ3) is 2.29. The molecular formula is C17H17NO2S. The molecule has 0 aliphatic heterocycles. The average Bonchev–Trinajstić information content (AvgIpc) is 2.86. The van der Waals surface area contributed by atoms with Crippen molar-refractivity contribution >= 4 is 15.4 Å². The number of sulfone groups is 1. The molecular weight excluding hydrogens is 282 g/mol. The summed E-state index contributed by atoms with van der Waals surface area (Å²) in [6.45, 7) is 4.01. The van der Waals surface area contributed by atoms with Gasteiger partial charge in [-0.3, -0.25) is 4.98 Å². The molecule has 0 radical (unpaired) electrons. The largest absolute Gasteiger partial charge is 0.259 e. The van der Waals surface area contributed by atoms with Gasteiger partial charge in [0.2, 0.25) is 0 Å². The number of nitrogens with zero attached hydrogens (tertiary/aromatic N) is 1. The molecule has 0 spiro atoms. The fourth-order valence-electron chi connectivity index (χ4n) is 2.72. The standard InChI is InChI=1S/C17H17NO2S/c1-3-13-10-16(17-15(13)9-12(2)11-18-17)21(19,20)14-7-5-4-6-8-14/h4-11,16H,3H2,1-2H3. The highest BCUT2D eigenvalue weighted by atomic mass is 32.2. The molecule has 1 aliphatic carbocycles. The van der Waals surface area contributed by atoms with Crippen LogP contribution in [0.25, 0.3) is 5.57 Å². The summed E-state index contributed by atoms with van der Waals surface area (Å²) in [6, 6.07) is 10.6. The fraction of sp³-hybridized carbons (Fsp3) is 0.235. The van der Waals surface area contributed by atoms with Gasteiger partial charge in [-0.1, -0.05) is 31.2 Å². The van der Waals surface area contributed by atoms with Gasteiger partial charge in [-0.15, -0.1) is 0 Å². The Bertz CT molecular complexity index is 808. The van der Waals surface area contributed by atoms with Gasteiger partial charge in [0.15, 0.2) is 9.84 Å². The van der Waals surface area contributed by atoms with Gasteiger partial charge in [0.25, 0.3) is 0 Å². The smallest absolute Gasteiger partial charge is 0.190 e. The first-order valence-corrected chi connectivity index (χ1v) is 8.55. The van der Waals surface area contributed by atoms with Crippen molar-refractivity contribution in [2.45, 2.75) is 30.4 Å². The minimum atomic E-state index is -3.45. The number of allylic oxidation sites excluding steroid dienone is 1. The van der Waals surface area contributed by atoms with E-state index < -0.39 is 15.1 Å². The van der Waals surface area contributed by atoms with Gasteiger partial charge in [0, 0.05) is 11.8 Å². The van der Waals surface area contributed by atoms with Crippen molar-refractivity contribution in [2.24, 2.45) is 0 Å². The van der Waals surface area contributed by atoms with E-state index in [2.05, 4.69) is 4.98 Å². The predicted molar refractivity (Wildman–Crippen MR) is 83.6 cm³/mol. The Balaban J connectivity index is 2.16. The summed E-state index contributed by atoms with van der Waals surface area (Å²) in [7, 11) is -3.45. The number of hydrogen-bond donors (Lipinski definition) is 0. The van der Waals surface area contributed by atoms with Crippen LogP contribution in [0.5, 0.6) is 0 Å². The van der Waals surface area contributed by atoms with Crippen molar-refractivity contribution in [3.63, 3.8) is 0 Å². The monoisotopic (exact) mass is 299 g/mol. The first-order chi connectivity index (χ1) is 10.0. The molecule has 108 valence electrons. The van der Waals surface area contributed by atoms with Gasteiger partial charge in [-0.2, -0.15) is 0 Å². The van der Waals surface area contributed by atoms with Gasteiger partial charge in [0.1, 0.15) is 5.25 Å². The first-order valence-electron chi connectivity index (χ1n) is 7.00. The second kappa shape index (κ2) is 5.11. The van der Waals surface area contributed by atoms with Crippen molar-refractivity contribution in [3.05, 3.63) is 65.5 Å². The summed E-state index contributed by atoms with van der Waals surface area (Å²) in [6.07, 6.45) is 4.39. The Morgan fingerprint density at radius 3 is 2.57 bits per heavy atom. The molecule has 1 aromatic heterocycles. The lowest BCUT2D eigenvalue weighted by Crippen LogP contribution is -2.12. The third-order valence-corrected chi connectivity index (χ3v) is 5.77. The summed E-state index contributed by atoms with van der Waals surface area (Å²) in [5.74, 6) is 0. The number of rotatable bonds is 3. The van der Waals surface area contributed by atoms with Gasteiger partial charge in [-0.05, 0) is 42.7 Å². The van der Waals surface area contributed by atoms with E-state index in [0.717, 1.165) is 23.1 Å². The molecule has 0 fully saturated rings. The lowest BCUT2D eigenvalue weighted by atomic mass is 10.1. The number of aromatic nitrogens is 1. The number of benzene rings is 1. The first kappa shape index (κ1) is 14.0. The normalized spacial score (nSPS) is 17.4. The lowest BCUT2D eigenvalue weighted by Gasteiger charge is -2.12. The van der Waals surface area contributed by atoms with E-state index in [1.807, 2.05) is 32.1 Å². The molecule has 2 aromatic rings. The zero-order chi connectivity index (χ0) is 15.0. The van der Waals surface area contributed by atoms with E-state index in [0.29, 0.717) is 10.6 Å². The molecule has 3 nitrogen and oxygen atoms in total. The molecule has 1 heterocycles. The second-order valence-corrected chi connectivity index (χ2v) is 7.34. The SMILES string of the molecule is CCC1=CC(S(=O)(=O)c2ccccc2)c2ncc(C)cc21. The van der Waals surface area contributed by atoms with Crippen LogP contribution in [0.2, 0.25) is 0 Å². The van der Waals surface area contributed by atoms with Crippen LogP contribution in [0.1, 0.15) is 35.4 Å². The van der Waals surface area contributed by atoms with E-state index in [1.54, 1.807) is 30.5 Å². The third-order valence-electron chi connectivity index (χ3n) is 3.81. The van der Waals surface area contributed by atoms with E-state index in [-0.39, 0.29) is 0 Å². The van der Waals surface area contributed by atoms with Crippen LogP contribution in [0.15, 0.2) is 53.6 Å². The molecule has 1 unspecified atom stereocenters. The molecule has 0 saturated carbocycles. The molecule has 0 bridgehead atoms. The molecule has 0 saturated heterocycles. The van der Waals surface area contributed by atoms with Crippen LogP contribution in [-0.4, -0.2) is 13.4 Å². The van der Waals surface area contributed by atoms with Gasteiger partial charge in [0.05, 0.1) is 10.6 Å². The topological polar surface area (TPSA) is 47.0 Å². The van der Waals surface area contributed by atoms with Gasteiger partial charge < -0.3 is 0 Å². The average molecular weight is 299 g/mol.